The molecule has 0 heterocycles. The highest BCUT2D eigenvalue weighted by Gasteiger charge is 2.17. The minimum Gasteiger partial charge on any atom is -0.493 e. The van der Waals surface area contributed by atoms with Gasteiger partial charge in [-0.15, -0.1) is 11.6 Å². The number of hydrogen-bond donors (Lipinski definition) is 0. The van der Waals surface area contributed by atoms with Gasteiger partial charge in [0.15, 0.2) is 0 Å². The molecule has 1 unspecified atom stereocenters. The van der Waals surface area contributed by atoms with Crippen LogP contribution in [0.4, 0.5) is 4.39 Å². The van der Waals surface area contributed by atoms with Crippen LogP contribution in [0.2, 0.25) is 5.02 Å². The van der Waals surface area contributed by atoms with Crippen molar-refractivity contribution in [1.82, 2.24) is 0 Å². The van der Waals surface area contributed by atoms with E-state index in [0.29, 0.717) is 17.2 Å². The molecule has 0 aliphatic heterocycles. The summed E-state index contributed by atoms with van der Waals surface area (Å²) in [5.74, 6) is 0.353. The number of benzene rings is 2. The van der Waals surface area contributed by atoms with Crippen LogP contribution in [0.5, 0.6) is 5.75 Å². The van der Waals surface area contributed by atoms with Crippen LogP contribution in [0.15, 0.2) is 40.9 Å². The SMILES string of the molecule is CCOc1ccc(C(Cl)c2cc(Cl)ccc2F)cc1Br. The first-order valence-corrected chi connectivity index (χ1v) is 7.65. The van der Waals surface area contributed by atoms with Crippen LogP contribution in [-0.4, -0.2) is 6.61 Å². The first kappa shape index (κ1) is 15.6. The summed E-state index contributed by atoms with van der Waals surface area (Å²) in [6, 6.07) is 9.80. The van der Waals surface area contributed by atoms with Gasteiger partial charge in [0, 0.05) is 10.6 Å². The van der Waals surface area contributed by atoms with Gasteiger partial charge in [-0.2, -0.15) is 0 Å². The van der Waals surface area contributed by atoms with E-state index in [2.05, 4.69) is 15.9 Å². The molecule has 1 nitrogen and oxygen atoms in total. The van der Waals surface area contributed by atoms with E-state index in [1.165, 1.54) is 12.1 Å². The zero-order chi connectivity index (χ0) is 14.7. The molecule has 0 aliphatic carbocycles. The summed E-state index contributed by atoms with van der Waals surface area (Å²) in [5, 5.41) is -0.155. The Morgan fingerprint density at radius 1 is 1.25 bits per heavy atom. The Labute approximate surface area is 135 Å². The lowest BCUT2D eigenvalue weighted by atomic mass is 10.0. The third-order valence-electron chi connectivity index (χ3n) is 2.78. The van der Waals surface area contributed by atoms with Crippen molar-refractivity contribution in [3.05, 3.63) is 62.8 Å². The minimum absolute atomic E-state index is 0.357. The molecule has 0 fully saturated rings. The first-order chi connectivity index (χ1) is 9.52. The fourth-order valence-corrected chi connectivity index (χ4v) is 2.83. The smallest absolute Gasteiger partial charge is 0.133 e. The summed E-state index contributed by atoms with van der Waals surface area (Å²) in [7, 11) is 0. The maximum atomic E-state index is 13.8. The second-order valence-electron chi connectivity index (χ2n) is 4.15. The van der Waals surface area contributed by atoms with Gasteiger partial charge in [-0.05, 0) is 58.7 Å². The van der Waals surface area contributed by atoms with Crippen LogP contribution >= 0.6 is 39.1 Å². The zero-order valence-corrected chi connectivity index (χ0v) is 13.8. The maximum absolute atomic E-state index is 13.8. The van der Waals surface area contributed by atoms with Gasteiger partial charge < -0.3 is 4.74 Å². The quantitative estimate of drug-likeness (QED) is 0.596. The molecule has 0 aromatic heterocycles. The van der Waals surface area contributed by atoms with Gasteiger partial charge in [0.2, 0.25) is 0 Å². The molecule has 20 heavy (non-hydrogen) atoms. The van der Waals surface area contributed by atoms with Crippen molar-refractivity contribution in [2.75, 3.05) is 6.61 Å². The third kappa shape index (κ3) is 3.46. The average molecular weight is 378 g/mol. The van der Waals surface area contributed by atoms with Crippen molar-refractivity contribution >= 4 is 39.1 Å². The van der Waals surface area contributed by atoms with Crippen molar-refractivity contribution in [2.45, 2.75) is 12.3 Å². The largest absolute Gasteiger partial charge is 0.493 e. The molecule has 2 rings (SSSR count). The van der Waals surface area contributed by atoms with Gasteiger partial charge in [0.25, 0.3) is 0 Å². The highest BCUT2D eigenvalue weighted by molar-refractivity contribution is 9.10. The number of hydrogen-bond acceptors (Lipinski definition) is 1. The van der Waals surface area contributed by atoms with Crippen molar-refractivity contribution in [3.8, 4) is 5.75 Å². The Balaban J connectivity index is 2.35. The Bertz CT molecular complexity index is 619. The zero-order valence-electron chi connectivity index (χ0n) is 10.7. The van der Waals surface area contributed by atoms with E-state index < -0.39 is 5.38 Å². The fourth-order valence-electron chi connectivity index (χ4n) is 1.84. The minimum atomic E-state index is -0.610. The Morgan fingerprint density at radius 3 is 2.65 bits per heavy atom. The molecule has 1 atom stereocenters. The van der Waals surface area contributed by atoms with E-state index in [-0.39, 0.29) is 5.82 Å². The molecule has 0 bridgehead atoms. The van der Waals surface area contributed by atoms with Gasteiger partial charge in [-0.25, -0.2) is 4.39 Å². The number of ether oxygens (including phenoxy) is 1. The van der Waals surface area contributed by atoms with E-state index in [9.17, 15) is 4.39 Å². The van der Waals surface area contributed by atoms with E-state index in [1.807, 2.05) is 19.1 Å². The molecule has 5 heteroatoms. The fraction of sp³-hybridized carbons (Fsp3) is 0.200. The van der Waals surface area contributed by atoms with Crippen LogP contribution in [-0.2, 0) is 0 Å². The van der Waals surface area contributed by atoms with Crippen LogP contribution in [0, 0.1) is 5.82 Å². The van der Waals surface area contributed by atoms with Crippen LogP contribution in [0.1, 0.15) is 23.4 Å². The summed E-state index contributed by atoms with van der Waals surface area (Å²) in [6.45, 7) is 2.48. The van der Waals surface area contributed by atoms with Crippen LogP contribution in [0.3, 0.4) is 0 Å². The maximum Gasteiger partial charge on any atom is 0.133 e. The summed E-state index contributed by atoms with van der Waals surface area (Å²) < 4.78 is 20.0. The predicted molar refractivity (Wildman–Crippen MR) is 84.4 cm³/mol. The highest BCUT2D eigenvalue weighted by Crippen LogP contribution is 2.36. The lowest BCUT2D eigenvalue weighted by molar-refractivity contribution is 0.338. The predicted octanol–water partition coefficient (Wildman–Crippen LogP) is 5.97. The van der Waals surface area contributed by atoms with Gasteiger partial charge in [0.05, 0.1) is 16.5 Å². The van der Waals surface area contributed by atoms with E-state index >= 15 is 0 Å². The highest BCUT2D eigenvalue weighted by atomic mass is 79.9. The normalized spacial score (nSPS) is 12.2. The number of rotatable bonds is 4. The van der Waals surface area contributed by atoms with Gasteiger partial charge in [-0.1, -0.05) is 17.7 Å². The lowest BCUT2D eigenvalue weighted by Gasteiger charge is -2.14. The molecule has 0 saturated heterocycles. The van der Waals surface area contributed by atoms with Crippen molar-refractivity contribution in [1.29, 1.82) is 0 Å². The Kier molecular flexibility index (Phi) is 5.30. The molecule has 0 spiro atoms. The summed E-state index contributed by atoms with van der Waals surface area (Å²) in [4.78, 5) is 0. The van der Waals surface area contributed by atoms with Crippen molar-refractivity contribution < 1.29 is 9.13 Å². The molecule has 0 saturated carbocycles. The molecule has 2 aromatic rings. The molecule has 106 valence electrons. The van der Waals surface area contributed by atoms with Crippen LogP contribution < -0.4 is 4.74 Å². The van der Waals surface area contributed by atoms with E-state index in [0.717, 1.165) is 15.8 Å². The number of halogens is 4. The third-order valence-corrected chi connectivity index (χ3v) is 4.12. The Morgan fingerprint density at radius 2 is 2.00 bits per heavy atom. The van der Waals surface area contributed by atoms with Gasteiger partial charge in [-0.3, -0.25) is 0 Å². The van der Waals surface area contributed by atoms with E-state index in [4.69, 9.17) is 27.9 Å². The van der Waals surface area contributed by atoms with Crippen LogP contribution in [0.25, 0.3) is 0 Å². The Hall–Kier alpha value is -0.770. The second kappa shape index (κ2) is 6.79. The summed E-state index contributed by atoms with van der Waals surface area (Å²) in [5.41, 5.74) is 1.12. The molecular formula is C15H12BrCl2FO. The lowest BCUT2D eigenvalue weighted by Crippen LogP contribution is -1.99. The average Bonchev–Trinajstić information content (AvgIpc) is 2.43. The second-order valence-corrected chi connectivity index (χ2v) is 5.88. The van der Waals surface area contributed by atoms with Crippen molar-refractivity contribution in [2.24, 2.45) is 0 Å². The molecule has 0 radical (unpaired) electrons. The summed E-state index contributed by atoms with van der Waals surface area (Å²) >= 11 is 15.7. The van der Waals surface area contributed by atoms with E-state index in [1.54, 1.807) is 12.1 Å². The van der Waals surface area contributed by atoms with Crippen molar-refractivity contribution in [3.63, 3.8) is 0 Å². The van der Waals surface area contributed by atoms with Gasteiger partial charge >= 0.3 is 0 Å². The molecular weight excluding hydrogens is 366 g/mol. The summed E-state index contributed by atoms with van der Waals surface area (Å²) in [6.07, 6.45) is 0. The molecule has 0 amide bonds. The molecule has 0 N–H and O–H groups in total. The monoisotopic (exact) mass is 376 g/mol. The molecule has 0 aliphatic rings. The topological polar surface area (TPSA) is 9.23 Å². The van der Waals surface area contributed by atoms with Gasteiger partial charge in [0.1, 0.15) is 11.6 Å². The number of alkyl halides is 1. The first-order valence-electron chi connectivity index (χ1n) is 6.04. The molecule has 2 aromatic carbocycles. The standard InChI is InChI=1S/C15H12BrCl2FO/c1-2-20-14-6-3-9(7-12(14)16)15(18)11-8-10(17)4-5-13(11)19/h3-8,15H,2H2,1H3.